The quantitative estimate of drug-likeness (QED) is 0.663. The Morgan fingerprint density at radius 3 is 2.25 bits per heavy atom. The van der Waals surface area contributed by atoms with Crippen LogP contribution in [-0.2, 0) is 4.74 Å². The number of hydrogen-bond acceptors (Lipinski definition) is 2. The predicted molar refractivity (Wildman–Crippen MR) is 91.8 cm³/mol. The molecule has 5 rings (SSSR count). The highest BCUT2D eigenvalue weighted by Crippen LogP contribution is 2.49. The van der Waals surface area contributed by atoms with Gasteiger partial charge in [-0.2, -0.15) is 0 Å². The smallest absolute Gasteiger partial charge is 0.261 e. The van der Waals surface area contributed by atoms with E-state index in [9.17, 15) is 4.79 Å². The van der Waals surface area contributed by atoms with Crippen LogP contribution in [0, 0.1) is 0 Å². The number of benzene rings is 3. The standard InChI is InChI=1S/C21H15NO2/c23-20-15-10-4-5-11-16(15)21-22(20)18-13-7-6-12-17(18)19(24-21)14-8-2-1-3-9-14/h1-13,19,21H/t19-,21+/m0/s1. The van der Waals surface area contributed by atoms with E-state index in [4.69, 9.17) is 4.74 Å². The van der Waals surface area contributed by atoms with Crippen LogP contribution in [0.2, 0.25) is 0 Å². The van der Waals surface area contributed by atoms with Gasteiger partial charge in [0.15, 0.2) is 6.23 Å². The Kier molecular flexibility index (Phi) is 2.84. The Balaban J connectivity index is 1.72. The molecule has 0 fully saturated rings. The molecule has 2 aliphatic heterocycles. The number of carbonyl (C=O) groups is 1. The SMILES string of the molecule is O=C1c2ccccc2[C@H]2O[C@@H](c3ccccc3)c3ccccc3N12. The minimum absolute atomic E-state index is 0.00885. The molecular weight excluding hydrogens is 298 g/mol. The van der Waals surface area contributed by atoms with Crippen LogP contribution in [0.1, 0.15) is 39.4 Å². The van der Waals surface area contributed by atoms with Crippen LogP contribution in [0.15, 0.2) is 78.9 Å². The van der Waals surface area contributed by atoms with Crippen molar-refractivity contribution in [2.75, 3.05) is 4.90 Å². The van der Waals surface area contributed by atoms with Crippen LogP contribution >= 0.6 is 0 Å². The van der Waals surface area contributed by atoms with Gasteiger partial charge in [-0.15, -0.1) is 0 Å². The van der Waals surface area contributed by atoms with Crippen LogP contribution in [-0.4, -0.2) is 5.91 Å². The summed E-state index contributed by atoms with van der Waals surface area (Å²) in [5, 5.41) is 0. The van der Waals surface area contributed by atoms with Gasteiger partial charge in [0, 0.05) is 16.7 Å². The third-order valence-corrected chi connectivity index (χ3v) is 4.76. The first kappa shape index (κ1) is 13.5. The molecule has 0 aliphatic carbocycles. The summed E-state index contributed by atoms with van der Waals surface area (Å²) in [6, 6.07) is 25.9. The molecule has 1 amide bonds. The van der Waals surface area contributed by atoms with Crippen molar-refractivity contribution in [3.8, 4) is 0 Å². The summed E-state index contributed by atoms with van der Waals surface area (Å²) in [7, 11) is 0. The number of anilines is 1. The van der Waals surface area contributed by atoms with Gasteiger partial charge >= 0.3 is 0 Å². The van der Waals surface area contributed by atoms with E-state index in [0.29, 0.717) is 0 Å². The summed E-state index contributed by atoms with van der Waals surface area (Å²) in [5.41, 5.74) is 4.73. The van der Waals surface area contributed by atoms with Crippen molar-refractivity contribution in [3.63, 3.8) is 0 Å². The minimum atomic E-state index is -0.367. The van der Waals surface area contributed by atoms with E-state index in [1.807, 2.05) is 66.7 Å². The molecule has 2 heterocycles. The first-order valence-corrected chi connectivity index (χ1v) is 8.06. The Morgan fingerprint density at radius 1 is 0.750 bits per heavy atom. The molecule has 3 aromatic carbocycles. The fraction of sp³-hybridized carbons (Fsp3) is 0.0952. The van der Waals surface area contributed by atoms with Gasteiger partial charge in [-0.1, -0.05) is 66.7 Å². The maximum absolute atomic E-state index is 12.9. The average molecular weight is 313 g/mol. The maximum atomic E-state index is 12.9. The van der Waals surface area contributed by atoms with Gasteiger partial charge in [-0.05, 0) is 17.7 Å². The fourth-order valence-electron chi connectivity index (χ4n) is 3.67. The third-order valence-electron chi connectivity index (χ3n) is 4.76. The number of carbonyl (C=O) groups excluding carboxylic acids is 1. The summed E-state index contributed by atoms with van der Waals surface area (Å²) in [5.74, 6) is 0.00885. The van der Waals surface area contributed by atoms with Gasteiger partial charge in [-0.3, -0.25) is 9.69 Å². The summed E-state index contributed by atoms with van der Waals surface area (Å²) in [6.45, 7) is 0. The number of ether oxygens (including phenoxy) is 1. The summed E-state index contributed by atoms with van der Waals surface area (Å²) in [4.78, 5) is 14.7. The highest BCUT2D eigenvalue weighted by atomic mass is 16.5. The second kappa shape index (κ2) is 5.05. The van der Waals surface area contributed by atoms with E-state index in [1.54, 1.807) is 4.90 Å². The molecule has 0 saturated heterocycles. The van der Waals surface area contributed by atoms with Gasteiger partial charge in [0.25, 0.3) is 5.91 Å². The normalized spacial score (nSPS) is 21.2. The third kappa shape index (κ3) is 1.79. The Labute approximate surface area is 140 Å². The number of hydrogen-bond donors (Lipinski definition) is 0. The average Bonchev–Trinajstić information content (AvgIpc) is 2.95. The van der Waals surface area contributed by atoms with Crippen molar-refractivity contribution in [2.24, 2.45) is 0 Å². The number of para-hydroxylation sites is 1. The molecule has 0 radical (unpaired) electrons. The lowest BCUT2D eigenvalue weighted by atomic mass is 9.97. The zero-order chi connectivity index (χ0) is 16.1. The van der Waals surface area contributed by atoms with Crippen LogP contribution in [0.3, 0.4) is 0 Å². The molecule has 3 aromatic rings. The molecule has 2 atom stereocenters. The highest BCUT2D eigenvalue weighted by molar-refractivity contribution is 6.11. The molecule has 0 saturated carbocycles. The van der Waals surface area contributed by atoms with Crippen molar-refractivity contribution < 1.29 is 9.53 Å². The summed E-state index contributed by atoms with van der Waals surface area (Å²) < 4.78 is 6.42. The molecule has 0 spiro atoms. The van der Waals surface area contributed by atoms with Crippen molar-refractivity contribution in [1.29, 1.82) is 0 Å². The van der Waals surface area contributed by atoms with Gasteiger partial charge in [-0.25, -0.2) is 0 Å². The van der Waals surface area contributed by atoms with Gasteiger partial charge in [0.05, 0.1) is 5.69 Å². The molecule has 0 unspecified atom stereocenters. The molecule has 2 aliphatic rings. The van der Waals surface area contributed by atoms with Gasteiger partial charge in [0.2, 0.25) is 0 Å². The van der Waals surface area contributed by atoms with E-state index < -0.39 is 0 Å². The number of amides is 1. The number of rotatable bonds is 1. The largest absolute Gasteiger partial charge is 0.341 e. The van der Waals surface area contributed by atoms with Gasteiger partial charge in [0.1, 0.15) is 6.10 Å². The molecule has 3 nitrogen and oxygen atoms in total. The number of fused-ring (bicyclic) bond motifs is 5. The Morgan fingerprint density at radius 2 is 1.42 bits per heavy atom. The Bertz CT molecular complexity index is 935. The lowest BCUT2D eigenvalue weighted by molar-refractivity contribution is 0.00114. The van der Waals surface area contributed by atoms with Crippen LogP contribution in [0.5, 0.6) is 0 Å². The van der Waals surface area contributed by atoms with Crippen LogP contribution < -0.4 is 4.90 Å². The molecule has 3 heteroatoms. The predicted octanol–water partition coefficient (Wildman–Crippen LogP) is 4.47. The number of nitrogens with zero attached hydrogens (tertiary/aromatic N) is 1. The molecular formula is C21H15NO2. The van der Waals surface area contributed by atoms with E-state index >= 15 is 0 Å². The van der Waals surface area contributed by atoms with Gasteiger partial charge < -0.3 is 4.74 Å². The van der Waals surface area contributed by atoms with Crippen LogP contribution in [0.25, 0.3) is 0 Å². The van der Waals surface area contributed by atoms with E-state index in [0.717, 1.165) is 27.9 Å². The zero-order valence-corrected chi connectivity index (χ0v) is 12.9. The second-order valence-corrected chi connectivity index (χ2v) is 6.10. The summed E-state index contributed by atoms with van der Waals surface area (Å²) in [6.07, 6.45) is -0.545. The minimum Gasteiger partial charge on any atom is -0.341 e. The van der Waals surface area contributed by atoms with Crippen molar-refractivity contribution in [1.82, 2.24) is 0 Å². The topological polar surface area (TPSA) is 29.5 Å². The van der Waals surface area contributed by atoms with Crippen molar-refractivity contribution >= 4 is 11.6 Å². The first-order valence-electron chi connectivity index (χ1n) is 8.06. The lowest BCUT2D eigenvalue weighted by Crippen LogP contribution is -2.35. The van der Waals surface area contributed by atoms with Crippen molar-refractivity contribution in [3.05, 3.63) is 101 Å². The first-order chi connectivity index (χ1) is 11.8. The lowest BCUT2D eigenvalue weighted by Gasteiger charge is -2.37. The highest BCUT2D eigenvalue weighted by Gasteiger charge is 2.44. The molecule has 24 heavy (non-hydrogen) atoms. The monoisotopic (exact) mass is 313 g/mol. The zero-order valence-electron chi connectivity index (χ0n) is 12.9. The Hall–Kier alpha value is -2.91. The van der Waals surface area contributed by atoms with E-state index in [-0.39, 0.29) is 18.2 Å². The van der Waals surface area contributed by atoms with Crippen molar-refractivity contribution in [2.45, 2.75) is 12.3 Å². The maximum Gasteiger partial charge on any atom is 0.261 e. The summed E-state index contributed by atoms with van der Waals surface area (Å²) >= 11 is 0. The molecule has 116 valence electrons. The molecule has 0 N–H and O–H groups in total. The molecule has 0 bridgehead atoms. The van der Waals surface area contributed by atoms with E-state index in [2.05, 4.69) is 12.1 Å². The van der Waals surface area contributed by atoms with E-state index in [1.165, 1.54) is 0 Å². The second-order valence-electron chi connectivity index (χ2n) is 6.10. The molecule has 0 aromatic heterocycles. The van der Waals surface area contributed by atoms with Crippen LogP contribution in [0.4, 0.5) is 5.69 Å². The fourth-order valence-corrected chi connectivity index (χ4v) is 3.67.